The molecule has 10 nitrogen and oxygen atoms in total. The Morgan fingerprint density at radius 1 is 1.29 bits per heavy atom. The quantitative estimate of drug-likeness (QED) is 0.412. The van der Waals surface area contributed by atoms with Crippen LogP contribution in [0.15, 0.2) is 30.9 Å². The maximum atomic E-state index is 13.0. The Balaban J connectivity index is 1.62. The summed E-state index contributed by atoms with van der Waals surface area (Å²) in [7, 11) is 0.846. The van der Waals surface area contributed by atoms with Crippen molar-refractivity contribution in [2.75, 3.05) is 7.11 Å². The van der Waals surface area contributed by atoms with Gasteiger partial charge in [0, 0.05) is 0 Å². The summed E-state index contributed by atoms with van der Waals surface area (Å²) in [4.78, 5) is 29.9. The molecule has 2 heterocycles. The third-order valence-corrected chi connectivity index (χ3v) is 7.47. The highest BCUT2D eigenvalue weighted by atomic mass is 16.7. The number of methoxy groups -OCH3 is 1. The molecule has 1 aromatic heterocycles. The van der Waals surface area contributed by atoms with Gasteiger partial charge in [-0.25, -0.2) is 14.5 Å². The van der Waals surface area contributed by atoms with E-state index < -0.39 is 30.2 Å². The zero-order valence-corrected chi connectivity index (χ0v) is 23.4. The fraction of sp³-hybridized carbons (Fsp3) is 0.630. The molecule has 1 amide bonds. The van der Waals surface area contributed by atoms with Crippen LogP contribution in [0.1, 0.15) is 70.3 Å². The molecule has 1 aliphatic heterocycles. The summed E-state index contributed by atoms with van der Waals surface area (Å²) < 4.78 is 25.8. The molecule has 1 aromatic carbocycles. The molecule has 2 aliphatic rings. The second kappa shape index (κ2) is 11.1. The van der Waals surface area contributed by atoms with E-state index in [9.17, 15) is 9.59 Å². The summed E-state index contributed by atoms with van der Waals surface area (Å²) >= 11 is 0. The summed E-state index contributed by atoms with van der Waals surface area (Å²) in [6.45, 7) is 12.0. The molecule has 0 bridgehead atoms. The Hall–Kier alpha value is -2.92. The minimum atomic E-state index is -0.674. The molecular formula is C27H39BN4O6. The molecule has 1 N–H and O–H groups in total. The Bertz CT molecular complexity index is 1140. The van der Waals surface area contributed by atoms with Crippen molar-refractivity contribution in [1.82, 2.24) is 20.1 Å². The highest BCUT2D eigenvalue weighted by molar-refractivity contribution is 6.48. The first-order valence-electron chi connectivity index (χ1n) is 13.2. The van der Waals surface area contributed by atoms with Crippen molar-refractivity contribution < 1.29 is 28.4 Å². The third kappa shape index (κ3) is 6.21. The minimum Gasteiger partial charge on any atom is -0.496 e. The van der Waals surface area contributed by atoms with Crippen molar-refractivity contribution in [2.24, 2.45) is 11.8 Å². The van der Waals surface area contributed by atoms with Crippen molar-refractivity contribution in [1.29, 1.82) is 0 Å². The van der Waals surface area contributed by atoms with Gasteiger partial charge in [0.25, 0.3) is 0 Å². The predicted molar refractivity (Wildman–Crippen MR) is 141 cm³/mol. The van der Waals surface area contributed by atoms with Crippen LogP contribution in [0.25, 0.3) is 0 Å². The zero-order chi connectivity index (χ0) is 27.7. The van der Waals surface area contributed by atoms with Gasteiger partial charge in [-0.15, -0.1) is 0 Å². The number of esters is 1. The number of amides is 1. The minimum absolute atomic E-state index is 0.00639. The standard InChI is InChI=1S/C27H39BN4O6/c1-17-11-18(2)27(6)21(12-17)37-28(38-27)22(31-23(33)14-32-16-29-15-30-32)13-19-9-8-10-20(24(19)35-7)25(34)36-26(3,4)5/h8-10,15-18,21-22H,11-14H2,1-7H3,(H,31,33)/t17-,18+,21+,22-,27-/m0/s1. The number of ether oxygens (including phenoxy) is 2. The van der Waals surface area contributed by atoms with Crippen LogP contribution in [0, 0.1) is 11.8 Å². The lowest BCUT2D eigenvalue weighted by atomic mass is 9.71. The van der Waals surface area contributed by atoms with Crippen molar-refractivity contribution >= 4 is 19.0 Å². The van der Waals surface area contributed by atoms with Gasteiger partial charge in [0.2, 0.25) is 5.91 Å². The lowest BCUT2D eigenvalue weighted by molar-refractivity contribution is -0.122. The fourth-order valence-electron chi connectivity index (χ4n) is 5.50. The zero-order valence-electron chi connectivity index (χ0n) is 23.4. The van der Waals surface area contributed by atoms with E-state index in [1.54, 1.807) is 12.1 Å². The van der Waals surface area contributed by atoms with Gasteiger partial charge in [-0.2, -0.15) is 5.10 Å². The van der Waals surface area contributed by atoms with Crippen LogP contribution in [0.4, 0.5) is 0 Å². The topological polar surface area (TPSA) is 114 Å². The van der Waals surface area contributed by atoms with Crippen molar-refractivity contribution in [3.63, 3.8) is 0 Å². The second-order valence-corrected chi connectivity index (χ2v) is 11.7. The molecule has 11 heteroatoms. The van der Waals surface area contributed by atoms with Crippen molar-refractivity contribution in [3.8, 4) is 5.75 Å². The third-order valence-electron chi connectivity index (χ3n) is 7.47. The van der Waals surface area contributed by atoms with Crippen molar-refractivity contribution in [3.05, 3.63) is 42.0 Å². The Labute approximate surface area is 224 Å². The second-order valence-electron chi connectivity index (χ2n) is 11.7. The molecular weight excluding hydrogens is 487 g/mol. The van der Waals surface area contributed by atoms with Crippen LogP contribution in [0.2, 0.25) is 0 Å². The molecule has 2 fully saturated rings. The van der Waals surface area contributed by atoms with Crippen molar-refractivity contribution in [2.45, 2.75) is 90.6 Å². The van der Waals surface area contributed by atoms with Gasteiger partial charge >= 0.3 is 13.1 Å². The highest BCUT2D eigenvalue weighted by Crippen LogP contribution is 2.46. The average Bonchev–Trinajstić information content (AvgIpc) is 3.45. The van der Waals surface area contributed by atoms with E-state index >= 15 is 0 Å². The number of aromatic nitrogens is 3. The van der Waals surface area contributed by atoms with Gasteiger partial charge in [0.05, 0.1) is 24.8 Å². The first-order chi connectivity index (χ1) is 17.9. The van der Waals surface area contributed by atoms with Gasteiger partial charge in [0.15, 0.2) is 0 Å². The summed E-state index contributed by atoms with van der Waals surface area (Å²) in [5.41, 5.74) is -0.0465. The number of hydrogen-bond acceptors (Lipinski definition) is 8. The first kappa shape index (κ1) is 28.1. The van der Waals surface area contributed by atoms with E-state index in [0.29, 0.717) is 29.6 Å². The number of hydrogen-bond donors (Lipinski definition) is 1. The Kier molecular flexibility index (Phi) is 8.18. The van der Waals surface area contributed by atoms with E-state index in [4.69, 9.17) is 18.8 Å². The van der Waals surface area contributed by atoms with Crippen LogP contribution >= 0.6 is 0 Å². The molecule has 2 aromatic rings. The fourth-order valence-corrected chi connectivity index (χ4v) is 5.50. The molecule has 4 rings (SSSR count). The normalized spacial score (nSPS) is 26.0. The lowest BCUT2D eigenvalue weighted by Crippen LogP contribution is -2.51. The summed E-state index contributed by atoms with van der Waals surface area (Å²) in [5.74, 6) is -0.0390. The number of carbonyl (C=O) groups excluding carboxylic acids is 2. The van der Waals surface area contributed by atoms with Gasteiger partial charge in [0.1, 0.15) is 36.1 Å². The van der Waals surface area contributed by atoms with E-state index in [2.05, 4.69) is 36.2 Å². The predicted octanol–water partition coefficient (Wildman–Crippen LogP) is 3.24. The Morgan fingerprint density at radius 2 is 2.05 bits per heavy atom. The number of para-hydroxylation sites is 1. The largest absolute Gasteiger partial charge is 0.496 e. The van der Waals surface area contributed by atoms with Gasteiger partial charge in [-0.3, -0.25) is 4.79 Å². The molecule has 0 radical (unpaired) electrons. The van der Waals surface area contributed by atoms with E-state index in [1.807, 2.05) is 26.8 Å². The smallest absolute Gasteiger partial charge is 0.482 e. The molecule has 0 unspecified atom stereocenters. The number of carbonyl (C=O) groups is 2. The number of fused-ring (bicyclic) bond motifs is 1. The van der Waals surface area contributed by atoms with Crippen LogP contribution in [0.5, 0.6) is 5.75 Å². The molecule has 5 atom stereocenters. The number of nitrogens with zero attached hydrogens (tertiary/aromatic N) is 3. The monoisotopic (exact) mass is 526 g/mol. The maximum absolute atomic E-state index is 13.0. The maximum Gasteiger partial charge on any atom is 0.482 e. The van der Waals surface area contributed by atoms with Crippen LogP contribution in [-0.2, 0) is 31.8 Å². The lowest BCUT2D eigenvalue weighted by Gasteiger charge is -2.42. The molecule has 38 heavy (non-hydrogen) atoms. The van der Waals surface area contributed by atoms with Gasteiger partial charge in [-0.1, -0.05) is 26.0 Å². The van der Waals surface area contributed by atoms with Crippen LogP contribution < -0.4 is 10.1 Å². The van der Waals surface area contributed by atoms with Crippen LogP contribution in [-0.4, -0.2) is 64.1 Å². The summed E-state index contributed by atoms with van der Waals surface area (Å²) in [6, 6.07) is 5.33. The number of nitrogens with one attached hydrogen (secondary N) is 1. The van der Waals surface area contributed by atoms with Gasteiger partial charge in [-0.05, 0) is 70.4 Å². The number of rotatable bonds is 8. The molecule has 0 spiro atoms. The summed E-state index contributed by atoms with van der Waals surface area (Å²) in [5, 5.41) is 7.12. The van der Waals surface area contributed by atoms with E-state index in [-0.39, 0.29) is 18.6 Å². The first-order valence-corrected chi connectivity index (χ1v) is 13.2. The Morgan fingerprint density at radius 3 is 2.71 bits per heavy atom. The molecule has 1 aliphatic carbocycles. The number of benzene rings is 1. The molecule has 206 valence electrons. The SMILES string of the molecule is COc1c(C[C@H](NC(=O)Cn2cncn2)B2O[C@@H]3C[C@@H](C)C[C@@H](C)[C@]3(C)O2)cccc1C(=O)OC(C)(C)C. The molecule has 1 saturated heterocycles. The summed E-state index contributed by atoms with van der Waals surface area (Å²) in [6.07, 6.45) is 5.07. The van der Waals surface area contributed by atoms with E-state index in [1.165, 1.54) is 24.4 Å². The van der Waals surface area contributed by atoms with Gasteiger partial charge < -0.3 is 24.1 Å². The average molecular weight is 526 g/mol. The van der Waals surface area contributed by atoms with E-state index in [0.717, 1.165) is 18.4 Å². The molecule has 1 saturated carbocycles. The highest BCUT2D eigenvalue weighted by Gasteiger charge is 2.56. The van der Waals surface area contributed by atoms with Crippen LogP contribution in [0.3, 0.4) is 0 Å².